The van der Waals surface area contributed by atoms with E-state index in [1.807, 2.05) is 0 Å². The van der Waals surface area contributed by atoms with Crippen molar-refractivity contribution in [2.24, 2.45) is 0 Å². The van der Waals surface area contributed by atoms with Gasteiger partial charge in [0.2, 0.25) is 5.91 Å². The Hall–Kier alpha value is -1.16. The van der Waals surface area contributed by atoms with Gasteiger partial charge in [-0.2, -0.15) is 0 Å². The van der Waals surface area contributed by atoms with Crippen LogP contribution >= 0.6 is 11.6 Å². The van der Waals surface area contributed by atoms with Crippen LogP contribution in [0.3, 0.4) is 0 Å². The monoisotopic (exact) mass is 219 g/mol. The van der Waals surface area contributed by atoms with E-state index in [-0.39, 0.29) is 17.4 Å². The second-order valence-corrected chi connectivity index (χ2v) is 2.87. The van der Waals surface area contributed by atoms with Crippen LogP contribution in [0, 0.1) is 0 Å². The highest BCUT2D eigenvalue weighted by molar-refractivity contribution is 6.29. The predicted molar refractivity (Wildman–Crippen MR) is 50.7 cm³/mol. The van der Waals surface area contributed by atoms with Crippen LogP contribution < -0.4 is 5.32 Å². The second-order valence-electron chi connectivity index (χ2n) is 2.60. The van der Waals surface area contributed by atoms with E-state index >= 15 is 0 Å². The van der Waals surface area contributed by atoms with Crippen LogP contribution in [0.5, 0.6) is 0 Å². The Morgan fingerprint density at radius 1 is 1.36 bits per heavy atom. The quantitative estimate of drug-likeness (QED) is 0.779. The Morgan fingerprint density at radius 2 is 1.93 bits per heavy atom. The second kappa shape index (κ2) is 4.91. The summed E-state index contributed by atoms with van der Waals surface area (Å²) in [7, 11) is 0. The molecule has 1 aromatic rings. The van der Waals surface area contributed by atoms with Crippen molar-refractivity contribution in [1.82, 2.24) is 0 Å². The lowest BCUT2D eigenvalue weighted by atomic mass is 10.2. The molecule has 76 valence electrons. The molecule has 1 N–H and O–H groups in total. The fourth-order valence-corrected chi connectivity index (χ4v) is 0.973. The van der Waals surface area contributed by atoms with E-state index < -0.39 is 6.43 Å². The number of carbonyl (C=O) groups is 1. The lowest BCUT2D eigenvalue weighted by molar-refractivity contribution is -0.113. The number of carbonyl (C=O) groups excluding carboxylic acids is 1. The molecule has 0 saturated carbocycles. The van der Waals surface area contributed by atoms with E-state index in [1.54, 1.807) is 0 Å². The minimum Gasteiger partial charge on any atom is -0.325 e. The van der Waals surface area contributed by atoms with Gasteiger partial charge in [-0.25, -0.2) is 8.78 Å². The van der Waals surface area contributed by atoms with Crippen molar-refractivity contribution in [3.63, 3.8) is 0 Å². The van der Waals surface area contributed by atoms with Gasteiger partial charge < -0.3 is 5.32 Å². The van der Waals surface area contributed by atoms with Gasteiger partial charge in [0.25, 0.3) is 6.43 Å². The van der Waals surface area contributed by atoms with Crippen molar-refractivity contribution in [1.29, 1.82) is 0 Å². The van der Waals surface area contributed by atoms with Crippen LogP contribution in [-0.4, -0.2) is 11.8 Å². The fourth-order valence-electron chi connectivity index (χ4n) is 0.906. The highest BCUT2D eigenvalue weighted by Crippen LogP contribution is 2.20. The minimum atomic E-state index is -2.49. The normalized spacial score (nSPS) is 10.3. The number of amides is 1. The predicted octanol–water partition coefficient (Wildman–Crippen LogP) is 2.80. The molecule has 0 aliphatic heterocycles. The summed E-state index contributed by atoms with van der Waals surface area (Å²) >= 11 is 5.25. The van der Waals surface area contributed by atoms with Crippen LogP contribution in [0.4, 0.5) is 14.5 Å². The summed E-state index contributed by atoms with van der Waals surface area (Å²) < 4.78 is 24.2. The van der Waals surface area contributed by atoms with Crippen molar-refractivity contribution >= 4 is 23.2 Å². The number of anilines is 1. The minimum absolute atomic E-state index is 0.0751. The first kappa shape index (κ1) is 10.9. The van der Waals surface area contributed by atoms with Crippen molar-refractivity contribution in [3.8, 4) is 0 Å². The maximum atomic E-state index is 12.1. The standard InChI is InChI=1S/C9H8ClF2NO/c10-5-8(14)13-7-3-1-6(2-4-7)9(11)12/h1-4,9H,5H2,(H,13,14). The number of hydrogen-bond acceptors (Lipinski definition) is 1. The third-order valence-electron chi connectivity index (χ3n) is 1.57. The molecule has 0 fully saturated rings. The third kappa shape index (κ3) is 2.96. The molecule has 1 amide bonds. The summed E-state index contributed by atoms with van der Waals surface area (Å²) in [6, 6.07) is 5.33. The molecule has 2 nitrogen and oxygen atoms in total. The smallest absolute Gasteiger partial charge is 0.263 e. The SMILES string of the molecule is O=C(CCl)Nc1ccc(C(F)F)cc1. The Kier molecular flexibility index (Phi) is 3.83. The molecule has 1 aromatic carbocycles. The van der Waals surface area contributed by atoms with E-state index in [0.29, 0.717) is 5.69 Å². The van der Waals surface area contributed by atoms with Crippen LogP contribution in [0.1, 0.15) is 12.0 Å². The zero-order valence-corrected chi connectivity index (χ0v) is 7.89. The summed E-state index contributed by atoms with van der Waals surface area (Å²) in [6.07, 6.45) is -2.49. The molecule has 1 rings (SSSR count). The first-order valence-electron chi connectivity index (χ1n) is 3.87. The number of benzene rings is 1. The Labute approximate surface area is 84.9 Å². The number of halogens is 3. The molecule has 0 saturated heterocycles. The van der Waals surface area contributed by atoms with Gasteiger partial charge in [0.1, 0.15) is 5.88 Å². The Balaban J connectivity index is 2.69. The zero-order valence-electron chi connectivity index (χ0n) is 7.14. The van der Waals surface area contributed by atoms with E-state index in [4.69, 9.17) is 11.6 Å². The molecule has 0 aromatic heterocycles. The molecule has 0 aliphatic carbocycles. The summed E-state index contributed by atoms with van der Waals surface area (Å²) in [5, 5.41) is 2.44. The highest BCUT2D eigenvalue weighted by atomic mass is 35.5. The van der Waals surface area contributed by atoms with Crippen molar-refractivity contribution in [2.45, 2.75) is 6.43 Å². The zero-order chi connectivity index (χ0) is 10.6. The third-order valence-corrected chi connectivity index (χ3v) is 1.81. The molecule has 5 heteroatoms. The number of nitrogens with one attached hydrogen (secondary N) is 1. The van der Waals surface area contributed by atoms with Crippen molar-refractivity contribution in [3.05, 3.63) is 29.8 Å². The summed E-state index contributed by atoms with van der Waals surface area (Å²) in [6.45, 7) is 0. The van der Waals surface area contributed by atoms with Gasteiger partial charge in [-0.1, -0.05) is 12.1 Å². The maximum Gasteiger partial charge on any atom is 0.263 e. The van der Waals surface area contributed by atoms with Crippen LogP contribution in [-0.2, 0) is 4.79 Å². The Morgan fingerprint density at radius 3 is 2.36 bits per heavy atom. The maximum absolute atomic E-state index is 12.1. The van der Waals surface area contributed by atoms with Gasteiger partial charge in [0.15, 0.2) is 0 Å². The number of rotatable bonds is 3. The van der Waals surface area contributed by atoms with Gasteiger partial charge in [0.05, 0.1) is 0 Å². The van der Waals surface area contributed by atoms with E-state index in [9.17, 15) is 13.6 Å². The van der Waals surface area contributed by atoms with E-state index in [2.05, 4.69) is 5.32 Å². The summed E-state index contributed by atoms with van der Waals surface area (Å²) in [5.74, 6) is -0.521. The van der Waals surface area contributed by atoms with Crippen LogP contribution in [0.25, 0.3) is 0 Å². The van der Waals surface area contributed by atoms with Crippen LogP contribution in [0.2, 0.25) is 0 Å². The molecular weight excluding hydrogens is 212 g/mol. The average molecular weight is 220 g/mol. The van der Waals surface area contributed by atoms with Crippen LogP contribution in [0.15, 0.2) is 24.3 Å². The number of alkyl halides is 3. The highest BCUT2D eigenvalue weighted by Gasteiger charge is 2.06. The van der Waals surface area contributed by atoms with Crippen molar-refractivity contribution in [2.75, 3.05) is 11.2 Å². The summed E-state index contributed by atoms with van der Waals surface area (Å²) in [5.41, 5.74) is 0.383. The molecule has 0 spiro atoms. The van der Waals surface area contributed by atoms with Gasteiger partial charge >= 0.3 is 0 Å². The van der Waals surface area contributed by atoms with Crippen molar-refractivity contribution < 1.29 is 13.6 Å². The molecule has 0 heterocycles. The first-order valence-corrected chi connectivity index (χ1v) is 4.41. The molecular formula is C9H8ClF2NO. The lowest BCUT2D eigenvalue weighted by Crippen LogP contribution is -2.12. The molecule has 0 bridgehead atoms. The van der Waals surface area contributed by atoms with E-state index in [1.165, 1.54) is 24.3 Å². The number of hydrogen-bond donors (Lipinski definition) is 1. The molecule has 0 unspecified atom stereocenters. The lowest BCUT2D eigenvalue weighted by Gasteiger charge is -2.04. The largest absolute Gasteiger partial charge is 0.325 e. The molecule has 0 aliphatic rings. The van der Waals surface area contributed by atoms with Gasteiger partial charge in [0, 0.05) is 11.3 Å². The Bertz CT molecular complexity index is 313. The molecule has 14 heavy (non-hydrogen) atoms. The first-order chi connectivity index (χ1) is 6.63. The molecule has 0 atom stereocenters. The van der Waals surface area contributed by atoms with E-state index in [0.717, 1.165) is 0 Å². The topological polar surface area (TPSA) is 29.1 Å². The fraction of sp³-hybridized carbons (Fsp3) is 0.222. The van der Waals surface area contributed by atoms with Gasteiger partial charge in [-0.3, -0.25) is 4.79 Å². The molecule has 0 radical (unpaired) electrons. The van der Waals surface area contributed by atoms with Gasteiger partial charge in [-0.05, 0) is 12.1 Å². The van der Waals surface area contributed by atoms with Gasteiger partial charge in [-0.15, -0.1) is 11.6 Å². The average Bonchev–Trinajstić information content (AvgIpc) is 2.18. The summed E-state index contributed by atoms with van der Waals surface area (Å²) in [4.78, 5) is 10.8.